The van der Waals surface area contributed by atoms with Crippen molar-refractivity contribution in [3.8, 4) is 5.75 Å². The van der Waals surface area contributed by atoms with E-state index in [0.717, 1.165) is 36.6 Å². The molecule has 0 atom stereocenters. The summed E-state index contributed by atoms with van der Waals surface area (Å²) in [6, 6.07) is 8.15. The van der Waals surface area contributed by atoms with E-state index in [2.05, 4.69) is 37.4 Å². The molecule has 0 unspecified atom stereocenters. The lowest BCUT2D eigenvalue weighted by atomic mass is 10.2. The quantitative estimate of drug-likeness (QED) is 0.835. The van der Waals surface area contributed by atoms with Gasteiger partial charge >= 0.3 is 0 Å². The molecule has 1 N–H and O–H groups in total. The lowest BCUT2D eigenvalue weighted by Gasteiger charge is -2.13. The highest BCUT2D eigenvalue weighted by Crippen LogP contribution is 2.26. The molecule has 0 spiro atoms. The fraction of sp³-hybridized carbons (Fsp3) is 0.333. The molecule has 0 aliphatic heterocycles. The molecule has 0 aliphatic rings. The van der Waals surface area contributed by atoms with Gasteiger partial charge in [-0.3, -0.25) is 0 Å². The standard InChI is InChI=1S/C15H19NO2/c1-3-7-18-15-9-12(2)4-5-14(15)16-10-13-6-8-17-11-13/h4-6,8-9,11,16H,3,7,10H2,1-2H3. The molecule has 96 valence electrons. The van der Waals surface area contributed by atoms with Gasteiger partial charge in [0.15, 0.2) is 0 Å². The zero-order chi connectivity index (χ0) is 12.8. The Kier molecular flexibility index (Phi) is 4.29. The maximum absolute atomic E-state index is 5.75. The first-order valence-corrected chi connectivity index (χ1v) is 6.28. The van der Waals surface area contributed by atoms with Crippen LogP contribution in [0.5, 0.6) is 5.75 Å². The molecule has 3 nitrogen and oxygen atoms in total. The molecule has 18 heavy (non-hydrogen) atoms. The molecule has 1 aromatic heterocycles. The number of benzene rings is 1. The van der Waals surface area contributed by atoms with E-state index in [1.54, 1.807) is 12.5 Å². The van der Waals surface area contributed by atoms with Crippen molar-refractivity contribution < 1.29 is 9.15 Å². The van der Waals surface area contributed by atoms with Crippen LogP contribution in [0.2, 0.25) is 0 Å². The third-order valence-corrected chi connectivity index (χ3v) is 2.66. The number of aryl methyl sites for hydroxylation is 1. The fourth-order valence-electron chi connectivity index (χ4n) is 1.70. The number of rotatable bonds is 6. The number of furan rings is 1. The van der Waals surface area contributed by atoms with Crippen LogP contribution in [0, 0.1) is 6.92 Å². The van der Waals surface area contributed by atoms with Crippen molar-refractivity contribution >= 4 is 5.69 Å². The van der Waals surface area contributed by atoms with Crippen molar-refractivity contribution in [1.29, 1.82) is 0 Å². The largest absolute Gasteiger partial charge is 0.491 e. The van der Waals surface area contributed by atoms with E-state index in [4.69, 9.17) is 9.15 Å². The molecule has 2 aromatic rings. The van der Waals surface area contributed by atoms with Crippen LogP contribution in [-0.2, 0) is 6.54 Å². The third-order valence-electron chi connectivity index (χ3n) is 2.66. The summed E-state index contributed by atoms with van der Waals surface area (Å²) >= 11 is 0. The van der Waals surface area contributed by atoms with Gasteiger partial charge in [-0.05, 0) is 37.1 Å². The number of ether oxygens (including phenoxy) is 1. The van der Waals surface area contributed by atoms with Crippen LogP contribution in [0.1, 0.15) is 24.5 Å². The van der Waals surface area contributed by atoms with Crippen molar-refractivity contribution in [2.75, 3.05) is 11.9 Å². The molecule has 0 radical (unpaired) electrons. The highest BCUT2D eigenvalue weighted by molar-refractivity contribution is 5.57. The van der Waals surface area contributed by atoms with Gasteiger partial charge < -0.3 is 14.5 Å². The second-order valence-electron chi connectivity index (χ2n) is 4.33. The SMILES string of the molecule is CCCOc1cc(C)ccc1NCc1ccoc1. The summed E-state index contributed by atoms with van der Waals surface area (Å²) in [7, 11) is 0. The van der Waals surface area contributed by atoms with Crippen LogP contribution >= 0.6 is 0 Å². The molecular formula is C15H19NO2. The Labute approximate surface area is 108 Å². The molecule has 1 heterocycles. The monoisotopic (exact) mass is 245 g/mol. The van der Waals surface area contributed by atoms with E-state index in [1.165, 1.54) is 5.56 Å². The zero-order valence-corrected chi connectivity index (χ0v) is 10.9. The van der Waals surface area contributed by atoms with Crippen LogP contribution in [0.3, 0.4) is 0 Å². The van der Waals surface area contributed by atoms with Gasteiger partial charge in [0.1, 0.15) is 5.75 Å². The smallest absolute Gasteiger partial charge is 0.142 e. The first kappa shape index (κ1) is 12.6. The first-order valence-electron chi connectivity index (χ1n) is 6.28. The average molecular weight is 245 g/mol. The Morgan fingerprint density at radius 1 is 1.28 bits per heavy atom. The Bertz CT molecular complexity index is 477. The van der Waals surface area contributed by atoms with Gasteiger partial charge in [0.05, 0.1) is 24.8 Å². The molecule has 0 fully saturated rings. The summed E-state index contributed by atoms with van der Waals surface area (Å²) in [6.45, 7) is 5.65. The van der Waals surface area contributed by atoms with Crippen LogP contribution in [0.15, 0.2) is 41.2 Å². The summed E-state index contributed by atoms with van der Waals surface area (Å²) in [5.41, 5.74) is 3.35. The number of hydrogen-bond donors (Lipinski definition) is 1. The Morgan fingerprint density at radius 2 is 2.17 bits per heavy atom. The van der Waals surface area contributed by atoms with E-state index in [0.29, 0.717) is 0 Å². The van der Waals surface area contributed by atoms with Gasteiger partial charge in [0, 0.05) is 12.1 Å². The third kappa shape index (κ3) is 3.29. The van der Waals surface area contributed by atoms with Crippen molar-refractivity contribution in [3.05, 3.63) is 47.9 Å². The van der Waals surface area contributed by atoms with E-state index >= 15 is 0 Å². The Morgan fingerprint density at radius 3 is 2.89 bits per heavy atom. The van der Waals surface area contributed by atoms with Gasteiger partial charge in [-0.2, -0.15) is 0 Å². The highest BCUT2D eigenvalue weighted by Gasteiger charge is 2.04. The maximum Gasteiger partial charge on any atom is 0.142 e. The molecule has 0 bridgehead atoms. The molecule has 2 rings (SSSR count). The molecule has 0 saturated carbocycles. The second-order valence-corrected chi connectivity index (χ2v) is 4.33. The minimum absolute atomic E-state index is 0.738. The van der Waals surface area contributed by atoms with Gasteiger partial charge in [0.25, 0.3) is 0 Å². The molecule has 1 aromatic carbocycles. The minimum Gasteiger partial charge on any atom is -0.491 e. The van der Waals surface area contributed by atoms with E-state index in [1.807, 2.05) is 6.07 Å². The molecular weight excluding hydrogens is 226 g/mol. The van der Waals surface area contributed by atoms with Crippen LogP contribution in [0.25, 0.3) is 0 Å². The van der Waals surface area contributed by atoms with Crippen LogP contribution < -0.4 is 10.1 Å². The predicted molar refractivity (Wildman–Crippen MR) is 73.0 cm³/mol. The van der Waals surface area contributed by atoms with Crippen molar-refractivity contribution in [1.82, 2.24) is 0 Å². The zero-order valence-electron chi connectivity index (χ0n) is 10.9. The van der Waals surface area contributed by atoms with Gasteiger partial charge in [0.2, 0.25) is 0 Å². The highest BCUT2D eigenvalue weighted by atomic mass is 16.5. The van der Waals surface area contributed by atoms with Crippen molar-refractivity contribution in [3.63, 3.8) is 0 Å². The number of anilines is 1. The van der Waals surface area contributed by atoms with Gasteiger partial charge in [-0.25, -0.2) is 0 Å². The number of hydrogen-bond acceptors (Lipinski definition) is 3. The average Bonchev–Trinajstić information content (AvgIpc) is 2.88. The minimum atomic E-state index is 0.738. The van der Waals surface area contributed by atoms with E-state index < -0.39 is 0 Å². The lowest BCUT2D eigenvalue weighted by Crippen LogP contribution is -2.03. The molecule has 3 heteroatoms. The van der Waals surface area contributed by atoms with E-state index in [-0.39, 0.29) is 0 Å². The fourth-order valence-corrected chi connectivity index (χ4v) is 1.70. The van der Waals surface area contributed by atoms with Crippen molar-refractivity contribution in [2.45, 2.75) is 26.8 Å². The maximum atomic E-state index is 5.75. The normalized spacial score (nSPS) is 10.3. The van der Waals surface area contributed by atoms with Crippen LogP contribution in [-0.4, -0.2) is 6.61 Å². The molecule has 0 aliphatic carbocycles. The topological polar surface area (TPSA) is 34.4 Å². The van der Waals surface area contributed by atoms with Crippen molar-refractivity contribution in [2.24, 2.45) is 0 Å². The number of nitrogens with one attached hydrogen (secondary N) is 1. The van der Waals surface area contributed by atoms with Gasteiger partial charge in [-0.15, -0.1) is 0 Å². The molecule has 0 saturated heterocycles. The summed E-state index contributed by atoms with van der Waals surface area (Å²) in [6.07, 6.45) is 4.43. The van der Waals surface area contributed by atoms with Gasteiger partial charge in [-0.1, -0.05) is 13.0 Å². The van der Waals surface area contributed by atoms with E-state index in [9.17, 15) is 0 Å². The predicted octanol–water partition coefficient (Wildman–Crippen LogP) is 3.99. The summed E-state index contributed by atoms with van der Waals surface area (Å²) in [5.74, 6) is 0.917. The molecule has 0 amide bonds. The summed E-state index contributed by atoms with van der Waals surface area (Å²) in [5, 5.41) is 3.37. The second kappa shape index (κ2) is 6.15. The Balaban J connectivity index is 2.05. The van der Waals surface area contributed by atoms with Crippen LogP contribution in [0.4, 0.5) is 5.69 Å². The summed E-state index contributed by atoms with van der Waals surface area (Å²) in [4.78, 5) is 0. The lowest BCUT2D eigenvalue weighted by molar-refractivity contribution is 0.318. The first-order chi connectivity index (χ1) is 8.79. The Hall–Kier alpha value is -1.90. The summed E-state index contributed by atoms with van der Waals surface area (Å²) < 4.78 is 10.8.